The Labute approximate surface area is 129 Å². The van der Waals surface area contributed by atoms with E-state index in [1.807, 2.05) is 6.92 Å². The minimum absolute atomic E-state index is 0.188. The summed E-state index contributed by atoms with van der Waals surface area (Å²) in [5.41, 5.74) is 0. The first-order valence-corrected chi connectivity index (χ1v) is 7.14. The first-order valence-electron chi connectivity index (χ1n) is 7.14. The van der Waals surface area contributed by atoms with Gasteiger partial charge in [-0.25, -0.2) is 0 Å². The normalized spacial score (nSPS) is 11.9. The zero-order valence-electron chi connectivity index (χ0n) is 14.2. The molecule has 0 amide bonds. The molecule has 2 nitrogen and oxygen atoms in total. The number of aliphatic hydroxyl groups excluding tert-OH is 1. The molecule has 1 N–H and O–H groups in total. The molecule has 1 unspecified atom stereocenters. The third kappa shape index (κ3) is 92.4. The molecular formula is C14H30F6O2. The highest BCUT2D eigenvalue weighted by molar-refractivity contribution is 4.45. The average Bonchev–Trinajstić information content (AvgIpc) is 2.27. The average molecular weight is 344 g/mol. The van der Waals surface area contributed by atoms with Crippen molar-refractivity contribution in [1.82, 2.24) is 0 Å². The van der Waals surface area contributed by atoms with Crippen LogP contribution in [-0.2, 0) is 4.74 Å². The topological polar surface area (TPSA) is 29.5 Å². The fourth-order valence-electron chi connectivity index (χ4n) is 0.529. The lowest BCUT2D eigenvalue weighted by molar-refractivity contribution is -0.141. The summed E-state index contributed by atoms with van der Waals surface area (Å²) in [7, 11) is 0. The van der Waals surface area contributed by atoms with Crippen molar-refractivity contribution in [2.24, 2.45) is 0 Å². The molecule has 0 aliphatic heterocycles. The molecule has 0 aromatic carbocycles. The lowest BCUT2D eigenvalue weighted by atomic mass is 10.3. The standard InChI is InChI=1S/C6H14O.C3H5F3O.C3H8.C2H3F3/c1-4-6(3)7-5-2;4-3(5,6)1-2-7;1-3-2;1-2(3,4)5/h6H,4-5H2,1-3H3;7H,1-2H2;3H2,1-2H3;1H3. The molecule has 22 heavy (non-hydrogen) atoms. The number of rotatable bonds is 4. The van der Waals surface area contributed by atoms with Gasteiger partial charge in [0.1, 0.15) is 0 Å². The number of alkyl halides is 6. The first kappa shape index (κ1) is 29.5. The smallest absolute Gasteiger partial charge is 0.391 e. The highest BCUT2D eigenvalue weighted by Gasteiger charge is 2.25. The van der Waals surface area contributed by atoms with Crippen LogP contribution in [0.5, 0.6) is 0 Å². The third-order valence-electron chi connectivity index (χ3n) is 1.42. The molecule has 0 spiro atoms. The van der Waals surface area contributed by atoms with Gasteiger partial charge < -0.3 is 9.84 Å². The summed E-state index contributed by atoms with van der Waals surface area (Å²) in [5, 5.41) is 7.68. The van der Waals surface area contributed by atoms with Gasteiger partial charge in [0.05, 0.1) is 19.1 Å². The van der Waals surface area contributed by atoms with Gasteiger partial charge >= 0.3 is 12.4 Å². The predicted molar refractivity (Wildman–Crippen MR) is 76.8 cm³/mol. The summed E-state index contributed by atoms with van der Waals surface area (Å²) in [6, 6.07) is 0. The molecule has 0 aliphatic carbocycles. The summed E-state index contributed by atoms with van der Waals surface area (Å²) >= 11 is 0. The van der Waals surface area contributed by atoms with E-state index in [1.54, 1.807) is 0 Å². The number of halogens is 6. The summed E-state index contributed by atoms with van der Waals surface area (Å²) < 4.78 is 68.9. The highest BCUT2D eigenvalue weighted by atomic mass is 19.4. The van der Waals surface area contributed by atoms with E-state index in [-0.39, 0.29) is 6.92 Å². The second kappa shape index (κ2) is 18.5. The molecular weight excluding hydrogens is 314 g/mol. The van der Waals surface area contributed by atoms with Crippen molar-refractivity contribution in [2.45, 2.75) is 79.3 Å². The minimum Gasteiger partial charge on any atom is -0.396 e. The number of hydrogen-bond donors (Lipinski definition) is 1. The number of aliphatic hydroxyl groups is 1. The van der Waals surface area contributed by atoms with E-state index >= 15 is 0 Å². The van der Waals surface area contributed by atoms with Gasteiger partial charge in [-0.3, -0.25) is 0 Å². The second-order valence-electron chi connectivity index (χ2n) is 4.25. The Morgan fingerprint density at radius 2 is 1.27 bits per heavy atom. The largest absolute Gasteiger partial charge is 0.396 e. The van der Waals surface area contributed by atoms with Crippen LogP contribution in [0.15, 0.2) is 0 Å². The van der Waals surface area contributed by atoms with Crippen LogP contribution in [0.3, 0.4) is 0 Å². The summed E-state index contributed by atoms with van der Waals surface area (Å²) in [5.74, 6) is 0. The first-order chi connectivity index (χ1) is 9.78. The molecule has 8 heteroatoms. The SMILES string of the molecule is CC(F)(F)F.CCC.CCOC(C)CC.OCCC(F)(F)F. The van der Waals surface area contributed by atoms with Crippen molar-refractivity contribution >= 4 is 0 Å². The molecule has 0 aromatic heterocycles. The van der Waals surface area contributed by atoms with E-state index in [9.17, 15) is 26.3 Å². The van der Waals surface area contributed by atoms with Gasteiger partial charge in [0, 0.05) is 13.5 Å². The lowest BCUT2D eigenvalue weighted by Gasteiger charge is -2.05. The molecule has 0 heterocycles. The maximum absolute atomic E-state index is 10.9. The monoisotopic (exact) mass is 344 g/mol. The van der Waals surface area contributed by atoms with Gasteiger partial charge in [0.15, 0.2) is 0 Å². The van der Waals surface area contributed by atoms with Gasteiger partial charge in [-0.05, 0) is 20.3 Å². The van der Waals surface area contributed by atoms with Gasteiger partial charge in [-0.15, -0.1) is 0 Å². The van der Waals surface area contributed by atoms with Crippen LogP contribution >= 0.6 is 0 Å². The predicted octanol–water partition coefficient (Wildman–Crippen LogP) is 5.74. The lowest BCUT2D eigenvalue weighted by Crippen LogP contribution is -2.08. The van der Waals surface area contributed by atoms with Crippen molar-refractivity contribution in [1.29, 1.82) is 0 Å². The Morgan fingerprint density at radius 3 is 1.32 bits per heavy atom. The molecule has 0 aliphatic rings. The molecule has 0 saturated heterocycles. The minimum atomic E-state index is -4.20. The van der Waals surface area contributed by atoms with Gasteiger partial charge in [0.2, 0.25) is 0 Å². The van der Waals surface area contributed by atoms with Crippen molar-refractivity contribution in [2.75, 3.05) is 13.2 Å². The Morgan fingerprint density at radius 1 is 0.955 bits per heavy atom. The Bertz CT molecular complexity index is 187. The second-order valence-corrected chi connectivity index (χ2v) is 4.25. The molecule has 0 fully saturated rings. The van der Waals surface area contributed by atoms with Crippen LogP contribution in [0, 0.1) is 0 Å². The Kier molecular flexibility index (Phi) is 24.9. The van der Waals surface area contributed by atoms with Gasteiger partial charge in [-0.1, -0.05) is 27.2 Å². The van der Waals surface area contributed by atoms with Crippen LogP contribution in [0.4, 0.5) is 26.3 Å². The van der Waals surface area contributed by atoms with E-state index in [0.717, 1.165) is 13.0 Å². The van der Waals surface area contributed by atoms with E-state index < -0.39 is 25.4 Å². The highest BCUT2D eigenvalue weighted by Crippen LogP contribution is 2.17. The Hall–Kier alpha value is -0.500. The molecule has 0 saturated carbocycles. The van der Waals surface area contributed by atoms with Gasteiger partial charge in [0.25, 0.3) is 0 Å². The summed E-state index contributed by atoms with van der Waals surface area (Å²) in [6.07, 6.45) is -6.49. The number of ether oxygens (including phenoxy) is 1. The molecule has 1 atom stereocenters. The van der Waals surface area contributed by atoms with Crippen molar-refractivity contribution in [3.63, 3.8) is 0 Å². The molecule has 0 aromatic rings. The fourth-order valence-corrected chi connectivity index (χ4v) is 0.529. The quantitative estimate of drug-likeness (QED) is 0.659. The summed E-state index contributed by atoms with van der Waals surface area (Å²) in [6.45, 7) is 10.7. The third-order valence-corrected chi connectivity index (χ3v) is 1.42. The molecule has 0 radical (unpaired) electrons. The van der Waals surface area contributed by atoms with Crippen molar-refractivity contribution in [3.05, 3.63) is 0 Å². The number of hydrogen-bond acceptors (Lipinski definition) is 2. The van der Waals surface area contributed by atoms with Crippen molar-refractivity contribution in [3.8, 4) is 0 Å². The van der Waals surface area contributed by atoms with Crippen LogP contribution in [0.2, 0.25) is 0 Å². The van der Waals surface area contributed by atoms with E-state index in [4.69, 9.17) is 9.84 Å². The van der Waals surface area contributed by atoms with E-state index in [1.165, 1.54) is 6.42 Å². The maximum atomic E-state index is 10.9. The maximum Gasteiger partial charge on any atom is 0.391 e. The molecule has 0 rings (SSSR count). The zero-order valence-corrected chi connectivity index (χ0v) is 14.2. The van der Waals surface area contributed by atoms with Gasteiger partial charge in [-0.2, -0.15) is 26.3 Å². The molecule has 0 bridgehead atoms. The van der Waals surface area contributed by atoms with Crippen LogP contribution in [0.25, 0.3) is 0 Å². The molecule has 140 valence electrons. The van der Waals surface area contributed by atoms with Crippen LogP contribution < -0.4 is 0 Å². The van der Waals surface area contributed by atoms with Crippen molar-refractivity contribution < 1.29 is 36.2 Å². The Balaban J connectivity index is -0.000000103. The van der Waals surface area contributed by atoms with Crippen LogP contribution in [0.1, 0.15) is 60.8 Å². The van der Waals surface area contributed by atoms with E-state index in [0.29, 0.717) is 6.10 Å². The zero-order chi connectivity index (χ0) is 18.8. The summed E-state index contributed by atoms with van der Waals surface area (Å²) in [4.78, 5) is 0. The fraction of sp³-hybridized carbons (Fsp3) is 1.00. The van der Waals surface area contributed by atoms with E-state index in [2.05, 4.69) is 27.7 Å². The van der Waals surface area contributed by atoms with Crippen LogP contribution in [-0.4, -0.2) is 36.8 Å².